The molecule has 0 bridgehead atoms. The van der Waals surface area contributed by atoms with Gasteiger partial charge in [0.25, 0.3) is 5.91 Å². The van der Waals surface area contributed by atoms with Gasteiger partial charge in [-0.2, -0.15) is 0 Å². The summed E-state index contributed by atoms with van der Waals surface area (Å²) >= 11 is 1.26. The summed E-state index contributed by atoms with van der Waals surface area (Å²) in [5.74, 6) is 0.267. The van der Waals surface area contributed by atoms with Crippen LogP contribution in [0.25, 0.3) is 0 Å². The van der Waals surface area contributed by atoms with Gasteiger partial charge in [0.05, 0.1) is 10.9 Å². The lowest BCUT2D eigenvalue weighted by molar-refractivity contribution is -0.124. The van der Waals surface area contributed by atoms with E-state index in [2.05, 4.69) is 5.32 Å². The van der Waals surface area contributed by atoms with Crippen LogP contribution in [0, 0.1) is 13.8 Å². The number of carbonyl (C=O) groups excluding carboxylic acids is 2. The zero-order valence-corrected chi connectivity index (χ0v) is 20.0. The molecule has 0 radical (unpaired) electrons. The molecular weight excluding hydrogens is 444 g/mol. The van der Waals surface area contributed by atoms with E-state index in [0.717, 1.165) is 33.6 Å². The van der Waals surface area contributed by atoms with E-state index in [4.69, 9.17) is 9.98 Å². The van der Waals surface area contributed by atoms with Crippen molar-refractivity contribution >= 4 is 46.0 Å². The highest BCUT2D eigenvalue weighted by Gasteiger charge is 2.42. The van der Waals surface area contributed by atoms with E-state index in [9.17, 15) is 9.59 Å². The first-order valence-corrected chi connectivity index (χ1v) is 12.0. The molecular formula is C27H24N4O2S. The fourth-order valence-corrected chi connectivity index (χ4v) is 4.93. The van der Waals surface area contributed by atoms with Crippen LogP contribution in [0.4, 0.5) is 11.4 Å². The number of fused-ring (bicyclic) bond motifs is 3. The Morgan fingerprint density at radius 1 is 1.00 bits per heavy atom. The molecule has 7 heteroatoms. The first-order chi connectivity index (χ1) is 16.4. The Bertz CT molecular complexity index is 1350. The quantitative estimate of drug-likeness (QED) is 0.558. The Hall–Kier alpha value is -3.71. The van der Waals surface area contributed by atoms with Gasteiger partial charge in [-0.15, -0.1) is 0 Å². The number of amidine groups is 2. The van der Waals surface area contributed by atoms with Crippen LogP contribution in [0.1, 0.15) is 35.2 Å². The van der Waals surface area contributed by atoms with E-state index in [1.807, 2.05) is 93.6 Å². The highest BCUT2D eigenvalue weighted by atomic mass is 32.2. The first-order valence-electron chi connectivity index (χ1n) is 11.1. The normalized spacial score (nSPS) is 17.4. The van der Waals surface area contributed by atoms with Gasteiger partial charge in [-0.1, -0.05) is 66.4 Å². The van der Waals surface area contributed by atoms with E-state index in [0.29, 0.717) is 11.0 Å². The maximum atomic E-state index is 13.5. The van der Waals surface area contributed by atoms with Crippen LogP contribution in [0.3, 0.4) is 0 Å². The molecule has 2 atom stereocenters. The molecule has 0 spiro atoms. The van der Waals surface area contributed by atoms with Gasteiger partial charge in [-0.05, 0) is 55.7 Å². The number of rotatable bonds is 4. The third-order valence-corrected chi connectivity index (χ3v) is 7.15. The van der Waals surface area contributed by atoms with Crippen molar-refractivity contribution in [2.24, 2.45) is 9.98 Å². The second kappa shape index (κ2) is 8.91. The predicted octanol–water partition coefficient (Wildman–Crippen LogP) is 5.40. The number of amides is 2. The number of carbonyl (C=O) groups is 2. The first kappa shape index (κ1) is 22.1. The van der Waals surface area contributed by atoms with Crippen molar-refractivity contribution in [3.63, 3.8) is 0 Å². The lowest BCUT2D eigenvalue weighted by Gasteiger charge is -2.27. The number of thioether (sulfide) groups is 1. The van der Waals surface area contributed by atoms with E-state index < -0.39 is 11.3 Å². The van der Waals surface area contributed by atoms with Gasteiger partial charge in [0.2, 0.25) is 5.91 Å². The number of hydrogen-bond donors (Lipinski definition) is 1. The maximum Gasteiger partial charge on any atom is 0.263 e. The summed E-state index contributed by atoms with van der Waals surface area (Å²) in [6.07, 6.45) is 0. The summed E-state index contributed by atoms with van der Waals surface area (Å²) in [5.41, 5.74) is 5.32. The van der Waals surface area contributed by atoms with E-state index in [1.54, 1.807) is 4.90 Å². The molecule has 3 aromatic carbocycles. The Kier molecular flexibility index (Phi) is 5.79. The molecule has 0 unspecified atom stereocenters. The zero-order chi connectivity index (χ0) is 23.8. The molecule has 5 rings (SSSR count). The summed E-state index contributed by atoms with van der Waals surface area (Å²) in [7, 11) is 0. The SMILES string of the molecule is Cc1cccc(NC(=O)[C@@H](C)SC2=Nc3ccccc3C3=N[C@H](c4ccccc4)C(=O)N23)c1C. The van der Waals surface area contributed by atoms with Crippen LogP contribution >= 0.6 is 11.8 Å². The monoisotopic (exact) mass is 468 g/mol. The van der Waals surface area contributed by atoms with E-state index >= 15 is 0 Å². The zero-order valence-electron chi connectivity index (χ0n) is 19.1. The van der Waals surface area contributed by atoms with Gasteiger partial charge in [-0.3, -0.25) is 9.59 Å². The average molecular weight is 469 g/mol. The molecule has 1 N–H and O–H groups in total. The van der Waals surface area contributed by atoms with Crippen molar-refractivity contribution in [2.45, 2.75) is 32.1 Å². The van der Waals surface area contributed by atoms with Gasteiger partial charge in [-0.25, -0.2) is 14.9 Å². The fourth-order valence-electron chi connectivity index (χ4n) is 4.01. The molecule has 0 fully saturated rings. The molecule has 2 heterocycles. The molecule has 0 saturated heterocycles. The number of nitrogens with zero attached hydrogens (tertiary/aromatic N) is 3. The third kappa shape index (κ3) is 3.92. The summed E-state index contributed by atoms with van der Waals surface area (Å²) in [4.78, 5) is 37.6. The Morgan fingerprint density at radius 2 is 1.74 bits per heavy atom. The molecule has 2 aliphatic heterocycles. The Morgan fingerprint density at radius 3 is 2.53 bits per heavy atom. The van der Waals surface area contributed by atoms with Gasteiger partial charge >= 0.3 is 0 Å². The van der Waals surface area contributed by atoms with Crippen LogP contribution in [0.5, 0.6) is 0 Å². The van der Waals surface area contributed by atoms with Crippen molar-refractivity contribution in [1.82, 2.24) is 4.90 Å². The maximum absolute atomic E-state index is 13.5. The van der Waals surface area contributed by atoms with E-state index in [1.165, 1.54) is 11.8 Å². The number of hydrogen-bond acceptors (Lipinski definition) is 5. The average Bonchev–Trinajstić information content (AvgIpc) is 3.20. The smallest absolute Gasteiger partial charge is 0.263 e. The third-order valence-electron chi connectivity index (χ3n) is 6.10. The highest BCUT2D eigenvalue weighted by molar-refractivity contribution is 8.15. The van der Waals surface area contributed by atoms with Gasteiger partial charge in [0.15, 0.2) is 11.2 Å². The standard InChI is InChI=1S/C27H24N4O2S/c1-16-10-9-15-21(17(16)2)28-25(32)18(3)34-27-29-22-14-8-7-13-20(22)24-30-23(26(33)31(24)27)19-11-5-4-6-12-19/h4-15,18,23H,1-3H3,(H,28,32)/t18-,23-/m1/s1. The highest BCUT2D eigenvalue weighted by Crippen LogP contribution is 2.38. The summed E-state index contributed by atoms with van der Waals surface area (Å²) in [6.45, 7) is 5.82. The number of aryl methyl sites for hydroxylation is 1. The van der Waals surface area contributed by atoms with Crippen LogP contribution in [-0.2, 0) is 9.59 Å². The van der Waals surface area contributed by atoms with E-state index in [-0.39, 0.29) is 11.8 Å². The minimum Gasteiger partial charge on any atom is -0.325 e. The topological polar surface area (TPSA) is 74.1 Å². The molecule has 2 aliphatic rings. The van der Waals surface area contributed by atoms with Gasteiger partial charge in [0.1, 0.15) is 5.84 Å². The van der Waals surface area contributed by atoms with Crippen molar-refractivity contribution in [3.8, 4) is 0 Å². The number of para-hydroxylation sites is 1. The number of anilines is 1. The van der Waals surface area contributed by atoms with Crippen molar-refractivity contribution in [2.75, 3.05) is 5.32 Å². The van der Waals surface area contributed by atoms with Crippen LogP contribution in [0.2, 0.25) is 0 Å². The molecule has 6 nitrogen and oxygen atoms in total. The van der Waals surface area contributed by atoms with Gasteiger partial charge < -0.3 is 5.32 Å². The van der Waals surface area contributed by atoms with Crippen LogP contribution in [0.15, 0.2) is 82.8 Å². The molecule has 34 heavy (non-hydrogen) atoms. The second-order valence-electron chi connectivity index (χ2n) is 8.35. The lowest BCUT2D eigenvalue weighted by atomic mass is 10.1. The largest absolute Gasteiger partial charge is 0.325 e. The van der Waals surface area contributed by atoms with Gasteiger partial charge in [0, 0.05) is 11.3 Å². The molecule has 0 aliphatic carbocycles. The second-order valence-corrected chi connectivity index (χ2v) is 9.66. The predicted molar refractivity (Wildman–Crippen MR) is 138 cm³/mol. The summed E-state index contributed by atoms with van der Waals surface area (Å²) in [5, 5.41) is 3.00. The molecule has 2 amide bonds. The van der Waals surface area contributed by atoms with Crippen molar-refractivity contribution in [1.29, 1.82) is 0 Å². The minimum atomic E-state index is -0.632. The number of aliphatic imine (C=N–C) groups is 2. The molecule has 170 valence electrons. The van der Waals surface area contributed by atoms with Crippen molar-refractivity contribution in [3.05, 3.63) is 95.1 Å². The molecule has 0 saturated carbocycles. The summed E-state index contributed by atoms with van der Waals surface area (Å²) < 4.78 is 0. The molecule has 0 aromatic heterocycles. The van der Waals surface area contributed by atoms with Crippen molar-refractivity contribution < 1.29 is 9.59 Å². The number of benzene rings is 3. The Balaban J connectivity index is 1.44. The Labute approximate surface area is 202 Å². The number of nitrogens with one attached hydrogen (secondary N) is 1. The van der Waals surface area contributed by atoms with Crippen LogP contribution < -0.4 is 5.32 Å². The fraction of sp³-hybridized carbons (Fsp3) is 0.185. The minimum absolute atomic E-state index is 0.148. The lowest BCUT2D eigenvalue weighted by Crippen LogP contribution is -2.41. The van der Waals surface area contributed by atoms with Crippen LogP contribution in [-0.4, -0.2) is 33.0 Å². The summed E-state index contributed by atoms with van der Waals surface area (Å²) in [6, 6.07) is 22.4. The molecule has 3 aromatic rings.